The summed E-state index contributed by atoms with van der Waals surface area (Å²) < 4.78 is 5.78. The zero-order valence-corrected chi connectivity index (χ0v) is 11.8. The Morgan fingerprint density at radius 3 is 2.94 bits per heavy atom. The van der Waals surface area contributed by atoms with Gasteiger partial charge in [-0.1, -0.05) is 6.92 Å². The van der Waals surface area contributed by atoms with E-state index >= 15 is 0 Å². The van der Waals surface area contributed by atoms with Gasteiger partial charge in [0, 0.05) is 17.4 Å². The Morgan fingerprint density at radius 2 is 2.22 bits per heavy atom. The molecule has 0 aliphatic heterocycles. The van der Waals surface area contributed by atoms with E-state index in [2.05, 4.69) is 34.9 Å². The van der Waals surface area contributed by atoms with E-state index in [1.165, 1.54) is 17.5 Å². The van der Waals surface area contributed by atoms with E-state index in [0.29, 0.717) is 0 Å². The SMILES string of the molecule is CCCNCCCc1ncc(-c2cscc2C)o1. The molecular weight excluding hydrogens is 244 g/mol. The van der Waals surface area contributed by atoms with Crippen LogP contribution in [0.5, 0.6) is 0 Å². The average Bonchev–Trinajstić information content (AvgIpc) is 2.97. The van der Waals surface area contributed by atoms with Gasteiger partial charge in [-0.2, -0.15) is 11.3 Å². The topological polar surface area (TPSA) is 38.1 Å². The first kappa shape index (κ1) is 13.3. The number of aryl methyl sites for hydroxylation is 2. The Hall–Kier alpha value is -1.13. The van der Waals surface area contributed by atoms with E-state index in [-0.39, 0.29) is 0 Å². The van der Waals surface area contributed by atoms with Gasteiger partial charge >= 0.3 is 0 Å². The number of hydrogen-bond donors (Lipinski definition) is 1. The zero-order valence-electron chi connectivity index (χ0n) is 11.0. The number of rotatable bonds is 7. The molecule has 0 radical (unpaired) electrons. The van der Waals surface area contributed by atoms with Gasteiger partial charge < -0.3 is 9.73 Å². The van der Waals surface area contributed by atoms with Gasteiger partial charge in [0.15, 0.2) is 11.7 Å². The van der Waals surface area contributed by atoms with Crippen molar-refractivity contribution in [1.29, 1.82) is 0 Å². The highest BCUT2D eigenvalue weighted by molar-refractivity contribution is 7.08. The van der Waals surface area contributed by atoms with Crippen molar-refractivity contribution in [2.45, 2.75) is 33.1 Å². The zero-order chi connectivity index (χ0) is 12.8. The summed E-state index contributed by atoms with van der Waals surface area (Å²) in [6, 6.07) is 0. The molecule has 2 aromatic heterocycles. The highest BCUT2D eigenvalue weighted by atomic mass is 32.1. The summed E-state index contributed by atoms with van der Waals surface area (Å²) in [5, 5.41) is 7.63. The van der Waals surface area contributed by atoms with Crippen LogP contribution >= 0.6 is 11.3 Å². The third kappa shape index (κ3) is 3.43. The van der Waals surface area contributed by atoms with Gasteiger partial charge in [-0.15, -0.1) is 0 Å². The molecule has 98 valence electrons. The molecule has 0 saturated heterocycles. The van der Waals surface area contributed by atoms with Crippen molar-refractivity contribution in [2.75, 3.05) is 13.1 Å². The molecule has 0 aromatic carbocycles. The van der Waals surface area contributed by atoms with Crippen molar-refractivity contribution in [3.63, 3.8) is 0 Å². The van der Waals surface area contributed by atoms with E-state index in [0.717, 1.165) is 37.6 Å². The van der Waals surface area contributed by atoms with Gasteiger partial charge in [0.1, 0.15) is 0 Å². The van der Waals surface area contributed by atoms with Gasteiger partial charge in [-0.25, -0.2) is 4.98 Å². The van der Waals surface area contributed by atoms with Gasteiger partial charge in [0.05, 0.1) is 6.20 Å². The molecule has 0 aliphatic rings. The molecule has 1 N–H and O–H groups in total. The first-order chi connectivity index (χ1) is 8.81. The highest BCUT2D eigenvalue weighted by Gasteiger charge is 2.09. The Labute approximate surface area is 112 Å². The summed E-state index contributed by atoms with van der Waals surface area (Å²) in [5.41, 5.74) is 2.43. The monoisotopic (exact) mass is 264 g/mol. The molecule has 2 rings (SSSR count). The Kier molecular flexibility index (Phi) is 4.96. The number of aromatic nitrogens is 1. The molecule has 0 unspecified atom stereocenters. The molecule has 0 atom stereocenters. The summed E-state index contributed by atoms with van der Waals surface area (Å²) in [6.45, 7) is 6.40. The summed E-state index contributed by atoms with van der Waals surface area (Å²) >= 11 is 1.70. The largest absolute Gasteiger partial charge is 0.441 e. The molecule has 2 heterocycles. The molecule has 0 saturated carbocycles. The molecule has 0 bridgehead atoms. The van der Waals surface area contributed by atoms with Crippen LogP contribution in [0.4, 0.5) is 0 Å². The Balaban J connectivity index is 1.85. The lowest BCUT2D eigenvalue weighted by atomic mass is 10.2. The normalized spacial score (nSPS) is 11.0. The smallest absolute Gasteiger partial charge is 0.194 e. The second-order valence-electron chi connectivity index (χ2n) is 4.44. The molecule has 0 spiro atoms. The second kappa shape index (κ2) is 6.71. The van der Waals surface area contributed by atoms with Crippen LogP contribution in [0.1, 0.15) is 31.2 Å². The maximum absolute atomic E-state index is 5.78. The van der Waals surface area contributed by atoms with E-state index in [1.807, 2.05) is 6.20 Å². The van der Waals surface area contributed by atoms with Crippen molar-refractivity contribution < 1.29 is 4.42 Å². The van der Waals surface area contributed by atoms with Crippen molar-refractivity contribution >= 4 is 11.3 Å². The van der Waals surface area contributed by atoms with Crippen LogP contribution < -0.4 is 5.32 Å². The lowest BCUT2D eigenvalue weighted by Gasteiger charge is -2.00. The van der Waals surface area contributed by atoms with Crippen LogP contribution in [0.15, 0.2) is 21.4 Å². The van der Waals surface area contributed by atoms with Crippen LogP contribution in [0.25, 0.3) is 11.3 Å². The fourth-order valence-electron chi connectivity index (χ4n) is 1.83. The maximum atomic E-state index is 5.78. The van der Waals surface area contributed by atoms with Gasteiger partial charge in [-0.05, 0) is 43.8 Å². The molecule has 0 amide bonds. The number of hydrogen-bond acceptors (Lipinski definition) is 4. The van der Waals surface area contributed by atoms with Crippen molar-refractivity contribution in [2.24, 2.45) is 0 Å². The summed E-state index contributed by atoms with van der Waals surface area (Å²) in [4.78, 5) is 4.34. The minimum Gasteiger partial charge on any atom is -0.441 e. The average molecular weight is 264 g/mol. The van der Waals surface area contributed by atoms with Crippen molar-refractivity contribution in [3.05, 3.63) is 28.4 Å². The minimum absolute atomic E-state index is 0.842. The van der Waals surface area contributed by atoms with E-state index < -0.39 is 0 Å². The molecule has 2 aromatic rings. The Morgan fingerprint density at radius 1 is 1.33 bits per heavy atom. The molecule has 4 heteroatoms. The molecular formula is C14H20N2OS. The van der Waals surface area contributed by atoms with Gasteiger partial charge in [0.2, 0.25) is 0 Å². The molecule has 0 fully saturated rings. The van der Waals surface area contributed by atoms with Gasteiger partial charge in [-0.3, -0.25) is 0 Å². The van der Waals surface area contributed by atoms with E-state index in [4.69, 9.17) is 4.42 Å². The van der Waals surface area contributed by atoms with Gasteiger partial charge in [0.25, 0.3) is 0 Å². The predicted octanol–water partition coefficient (Wildman–Crippen LogP) is 3.64. The third-order valence-corrected chi connectivity index (χ3v) is 3.71. The van der Waals surface area contributed by atoms with Crippen LogP contribution in [0.2, 0.25) is 0 Å². The second-order valence-corrected chi connectivity index (χ2v) is 5.18. The van der Waals surface area contributed by atoms with Crippen LogP contribution in [0.3, 0.4) is 0 Å². The van der Waals surface area contributed by atoms with E-state index in [9.17, 15) is 0 Å². The first-order valence-corrected chi connectivity index (χ1v) is 7.44. The van der Waals surface area contributed by atoms with Crippen LogP contribution in [-0.2, 0) is 6.42 Å². The fourth-order valence-corrected chi connectivity index (χ4v) is 2.67. The number of oxazole rings is 1. The molecule has 0 aliphatic carbocycles. The van der Waals surface area contributed by atoms with E-state index in [1.54, 1.807) is 11.3 Å². The quantitative estimate of drug-likeness (QED) is 0.776. The number of nitrogens with zero attached hydrogens (tertiary/aromatic N) is 1. The van der Waals surface area contributed by atoms with Crippen molar-refractivity contribution in [1.82, 2.24) is 10.3 Å². The lowest BCUT2D eigenvalue weighted by molar-refractivity contribution is 0.491. The summed E-state index contributed by atoms with van der Waals surface area (Å²) in [7, 11) is 0. The Bertz CT molecular complexity index is 476. The third-order valence-electron chi connectivity index (χ3n) is 2.85. The molecule has 18 heavy (non-hydrogen) atoms. The standard InChI is InChI=1S/C14H20N2OS/c1-3-6-15-7-4-5-14-16-8-13(17-14)12-10-18-9-11(12)2/h8-10,15H,3-7H2,1-2H3. The minimum atomic E-state index is 0.842. The number of nitrogens with one attached hydrogen (secondary N) is 1. The lowest BCUT2D eigenvalue weighted by Crippen LogP contribution is -2.16. The maximum Gasteiger partial charge on any atom is 0.194 e. The van der Waals surface area contributed by atoms with Crippen LogP contribution in [-0.4, -0.2) is 18.1 Å². The number of thiophene rings is 1. The first-order valence-electron chi connectivity index (χ1n) is 6.50. The molecule has 3 nitrogen and oxygen atoms in total. The highest BCUT2D eigenvalue weighted by Crippen LogP contribution is 2.27. The van der Waals surface area contributed by atoms with Crippen LogP contribution in [0, 0.1) is 6.92 Å². The summed E-state index contributed by atoms with van der Waals surface area (Å²) in [6.07, 6.45) is 4.99. The predicted molar refractivity (Wildman–Crippen MR) is 76.0 cm³/mol. The van der Waals surface area contributed by atoms with Crippen molar-refractivity contribution in [3.8, 4) is 11.3 Å². The fraction of sp³-hybridized carbons (Fsp3) is 0.500. The summed E-state index contributed by atoms with van der Waals surface area (Å²) in [5.74, 6) is 1.74.